The van der Waals surface area contributed by atoms with Crippen molar-refractivity contribution in [2.45, 2.75) is 19.9 Å². The van der Waals surface area contributed by atoms with Crippen molar-refractivity contribution in [2.24, 2.45) is 0 Å². The van der Waals surface area contributed by atoms with Gasteiger partial charge in [-0.1, -0.05) is 12.1 Å². The molecule has 3 heterocycles. The predicted molar refractivity (Wildman–Crippen MR) is 121 cm³/mol. The topological polar surface area (TPSA) is 87.7 Å². The van der Waals surface area contributed by atoms with E-state index in [0.29, 0.717) is 43.4 Å². The summed E-state index contributed by atoms with van der Waals surface area (Å²) in [6.07, 6.45) is 3.16. The van der Waals surface area contributed by atoms with Crippen LogP contribution in [-0.4, -0.2) is 65.4 Å². The van der Waals surface area contributed by atoms with Gasteiger partial charge in [-0.3, -0.25) is 9.59 Å². The summed E-state index contributed by atoms with van der Waals surface area (Å²) in [7, 11) is 1.65. The molecular formula is C22H25N5O3S. The average molecular weight is 440 g/mol. The maximum Gasteiger partial charge on any atom is 0.264 e. The Kier molecular flexibility index (Phi) is 6.31. The zero-order chi connectivity index (χ0) is 21.8. The van der Waals surface area contributed by atoms with Crippen molar-refractivity contribution in [3.8, 4) is 5.75 Å². The van der Waals surface area contributed by atoms with Gasteiger partial charge in [0.1, 0.15) is 22.7 Å². The van der Waals surface area contributed by atoms with Crippen molar-refractivity contribution in [2.75, 3.05) is 38.6 Å². The number of methoxy groups -OCH3 is 1. The van der Waals surface area contributed by atoms with Crippen LogP contribution in [0.25, 0.3) is 10.2 Å². The molecule has 1 fully saturated rings. The van der Waals surface area contributed by atoms with Crippen LogP contribution in [0, 0.1) is 6.92 Å². The average Bonchev–Trinajstić information content (AvgIpc) is 2.98. The van der Waals surface area contributed by atoms with Gasteiger partial charge in [-0.05, 0) is 36.6 Å². The monoisotopic (exact) mass is 439 g/mol. The Bertz CT molecular complexity index is 1100. The Morgan fingerprint density at radius 3 is 2.94 bits per heavy atom. The quantitative estimate of drug-likeness (QED) is 0.594. The molecule has 1 aromatic carbocycles. The minimum absolute atomic E-state index is 0.00741. The van der Waals surface area contributed by atoms with E-state index in [2.05, 4.69) is 15.3 Å². The molecule has 8 nitrogen and oxygen atoms in total. The van der Waals surface area contributed by atoms with Crippen molar-refractivity contribution >= 4 is 39.7 Å². The number of rotatable bonds is 6. The fourth-order valence-corrected chi connectivity index (χ4v) is 4.88. The van der Waals surface area contributed by atoms with Gasteiger partial charge in [0.25, 0.3) is 5.91 Å². The van der Waals surface area contributed by atoms with Crippen LogP contribution in [0.3, 0.4) is 0 Å². The summed E-state index contributed by atoms with van der Waals surface area (Å²) in [5, 5.41) is 4.26. The molecule has 0 bridgehead atoms. The number of nitrogens with zero attached hydrogens (tertiary/aromatic N) is 4. The van der Waals surface area contributed by atoms with Gasteiger partial charge in [0.2, 0.25) is 6.41 Å². The summed E-state index contributed by atoms with van der Waals surface area (Å²) < 4.78 is 5.29. The molecule has 9 heteroatoms. The van der Waals surface area contributed by atoms with Gasteiger partial charge in [0, 0.05) is 32.7 Å². The number of carbonyl (C=O) groups is 2. The number of thiophene rings is 1. The van der Waals surface area contributed by atoms with Crippen molar-refractivity contribution in [1.29, 1.82) is 0 Å². The number of benzene rings is 1. The van der Waals surface area contributed by atoms with E-state index in [9.17, 15) is 9.59 Å². The summed E-state index contributed by atoms with van der Waals surface area (Å²) in [4.78, 5) is 38.2. The number of nitrogens with one attached hydrogen (secondary N) is 1. The molecule has 3 aromatic rings. The van der Waals surface area contributed by atoms with Gasteiger partial charge in [-0.2, -0.15) is 0 Å². The summed E-state index contributed by atoms with van der Waals surface area (Å²) in [5.74, 6) is 1.51. The molecule has 1 N–H and O–H groups in total. The lowest BCUT2D eigenvalue weighted by Crippen LogP contribution is -2.34. The highest BCUT2D eigenvalue weighted by atomic mass is 32.1. The van der Waals surface area contributed by atoms with Crippen LogP contribution in [0.15, 0.2) is 30.6 Å². The first-order chi connectivity index (χ1) is 15.1. The number of hydrogen-bond donors (Lipinski definition) is 1. The van der Waals surface area contributed by atoms with Gasteiger partial charge >= 0.3 is 0 Å². The first kappa shape index (κ1) is 21.0. The molecular weight excluding hydrogens is 414 g/mol. The van der Waals surface area contributed by atoms with E-state index in [-0.39, 0.29) is 5.91 Å². The summed E-state index contributed by atoms with van der Waals surface area (Å²) in [6, 6.07) is 7.85. The normalized spacial score (nSPS) is 14.4. The van der Waals surface area contributed by atoms with Crippen LogP contribution in [0.5, 0.6) is 5.75 Å². The van der Waals surface area contributed by atoms with Gasteiger partial charge in [-0.25, -0.2) is 9.97 Å². The summed E-state index contributed by atoms with van der Waals surface area (Å²) in [5.41, 5.74) is 1.95. The molecule has 1 aliphatic rings. The standard InChI is InChI=1S/C22H25N5O3S/c1-15-18-20(23-12-16-5-3-6-17(11-16)30-2)24-13-25-21(18)31-19(15)22(29)27-8-4-7-26(14-28)9-10-27/h3,5-6,11,13-14H,4,7-10,12H2,1-2H3,(H,23,24,25). The molecule has 31 heavy (non-hydrogen) atoms. The van der Waals surface area contributed by atoms with Crippen molar-refractivity contribution in [3.63, 3.8) is 0 Å². The van der Waals surface area contributed by atoms with E-state index in [1.54, 1.807) is 12.0 Å². The zero-order valence-corrected chi connectivity index (χ0v) is 18.4. The highest BCUT2D eigenvalue weighted by Gasteiger charge is 2.25. The number of aryl methyl sites for hydroxylation is 1. The van der Waals surface area contributed by atoms with E-state index in [1.807, 2.05) is 36.1 Å². The van der Waals surface area contributed by atoms with Gasteiger partial charge < -0.3 is 19.9 Å². The number of carbonyl (C=O) groups excluding carboxylic acids is 2. The SMILES string of the molecule is COc1cccc(CNc2ncnc3sc(C(=O)N4CCCN(C=O)CC4)c(C)c23)c1. The van der Waals surface area contributed by atoms with Gasteiger partial charge in [-0.15, -0.1) is 11.3 Å². The van der Waals surface area contributed by atoms with E-state index >= 15 is 0 Å². The Labute approximate surface area is 184 Å². The molecule has 2 aromatic heterocycles. The lowest BCUT2D eigenvalue weighted by atomic mass is 10.1. The molecule has 0 atom stereocenters. The first-order valence-electron chi connectivity index (χ1n) is 10.2. The van der Waals surface area contributed by atoms with Crippen LogP contribution in [-0.2, 0) is 11.3 Å². The fraction of sp³-hybridized carbons (Fsp3) is 0.364. The summed E-state index contributed by atoms with van der Waals surface area (Å²) in [6.45, 7) is 4.95. The van der Waals surface area contributed by atoms with Gasteiger partial charge in [0.05, 0.1) is 17.4 Å². The smallest absolute Gasteiger partial charge is 0.264 e. The van der Waals surface area contributed by atoms with Crippen LogP contribution >= 0.6 is 11.3 Å². The molecule has 4 rings (SSSR count). The maximum absolute atomic E-state index is 13.2. The number of fused-ring (bicyclic) bond motifs is 1. The minimum atomic E-state index is -0.00741. The second kappa shape index (κ2) is 9.30. The highest BCUT2D eigenvalue weighted by Crippen LogP contribution is 2.34. The van der Waals surface area contributed by atoms with E-state index in [0.717, 1.165) is 39.9 Å². The van der Waals surface area contributed by atoms with Crippen LogP contribution in [0.4, 0.5) is 5.82 Å². The third-order valence-corrected chi connectivity index (χ3v) is 6.67. The zero-order valence-electron chi connectivity index (χ0n) is 17.6. The van der Waals surface area contributed by atoms with Crippen LogP contribution < -0.4 is 10.1 Å². The Morgan fingerprint density at radius 2 is 2.13 bits per heavy atom. The number of hydrogen-bond acceptors (Lipinski definition) is 7. The molecule has 1 aliphatic heterocycles. The van der Waals surface area contributed by atoms with Crippen LogP contribution in [0.1, 0.15) is 27.2 Å². The Morgan fingerprint density at radius 1 is 1.26 bits per heavy atom. The molecule has 1 saturated heterocycles. The van der Waals surface area contributed by atoms with E-state index in [1.165, 1.54) is 17.7 Å². The molecule has 0 aliphatic carbocycles. The summed E-state index contributed by atoms with van der Waals surface area (Å²) >= 11 is 1.40. The number of amides is 2. The molecule has 0 saturated carbocycles. The highest BCUT2D eigenvalue weighted by molar-refractivity contribution is 7.20. The largest absolute Gasteiger partial charge is 0.497 e. The molecule has 2 amide bonds. The predicted octanol–water partition coefficient (Wildman–Crippen LogP) is 2.92. The lowest BCUT2D eigenvalue weighted by Gasteiger charge is -2.20. The Balaban J connectivity index is 1.57. The third kappa shape index (κ3) is 4.46. The van der Waals surface area contributed by atoms with E-state index in [4.69, 9.17) is 4.74 Å². The molecule has 162 valence electrons. The first-order valence-corrected chi connectivity index (χ1v) is 11.0. The van der Waals surface area contributed by atoms with Crippen molar-refractivity contribution in [1.82, 2.24) is 19.8 Å². The number of ether oxygens (including phenoxy) is 1. The lowest BCUT2D eigenvalue weighted by molar-refractivity contribution is -0.118. The van der Waals surface area contributed by atoms with Crippen molar-refractivity contribution < 1.29 is 14.3 Å². The van der Waals surface area contributed by atoms with Gasteiger partial charge in [0.15, 0.2) is 0 Å². The van der Waals surface area contributed by atoms with E-state index < -0.39 is 0 Å². The van der Waals surface area contributed by atoms with Crippen LogP contribution in [0.2, 0.25) is 0 Å². The molecule has 0 spiro atoms. The third-order valence-electron chi connectivity index (χ3n) is 5.48. The second-order valence-corrected chi connectivity index (χ2v) is 8.45. The molecule has 0 unspecified atom stereocenters. The fourth-order valence-electron chi connectivity index (χ4n) is 3.77. The minimum Gasteiger partial charge on any atom is -0.497 e. The number of anilines is 1. The second-order valence-electron chi connectivity index (χ2n) is 7.45. The maximum atomic E-state index is 13.2. The Hall–Kier alpha value is -3.20. The number of aromatic nitrogens is 2. The van der Waals surface area contributed by atoms with Crippen molar-refractivity contribution in [3.05, 3.63) is 46.6 Å². The molecule has 0 radical (unpaired) electrons.